The predicted molar refractivity (Wildman–Crippen MR) is 95.2 cm³/mol. The summed E-state index contributed by atoms with van der Waals surface area (Å²) in [6.07, 6.45) is 0.692. The van der Waals surface area contributed by atoms with E-state index in [2.05, 4.69) is 10.3 Å². The van der Waals surface area contributed by atoms with Crippen LogP contribution in [-0.2, 0) is 27.3 Å². The molecule has 25 heavy (non-hydrogen) atoms. The summed E-state index contributed by atoms with van der Waals surface area (Å²) in [4.78, 5) is 28.4. The van der Waals surface area contributed by atoms with Crippen LogP contribution in [0.25, 0.3) is 10.6 Å². The Hall–Kier alpha value is -2.45. The van der Waals surface area contributed by atoms with E-state index in [1.165, 1.54) is 24.5 Å². The molecule has 0 fully saturated rings. The van der Waals surface area contributed by atoms with Gasteiger partial charge in [0.15, 0.2) is 6.10 Å². The molecule has 0 spiro atoms. The van der Waals surface area contributed by atoms with Crippen LogP contribution < -0.4 is 5.32 Å². The highest BCUT2D eigenvalue weighted by atomic mass is 32.1. The van der Waals surface area contributed by atoms with Gasteiger partial charge >= 0.3 is 5.97 Å². The lowest BCUT2D eigenvalue weighted by Gasteiger charge is -2.12. The Morgan fingerprint density at radius 3 is 2.96 bits per heavy atom. The Morgan fingerprint density at radius 2 is 2.24 bits per heavy atom. The molecule has 0 radical (unpaired) electrons. The van der Waals surface area contributed by atoms with Crippen LogP contribution in [0.1, 0.15) is 18.4 Å². The fourth-order valence-corrected chi connectivity index (χ4v) is 3.61. The van der Waals surface area contributed by atoms with Gasteiger partial charge in [0.2, 0.25) is 0 Å². The van der Waals surface area contributed by atoms with E-state index in [4.69, 9.17) is 9.15 Å². The zero-order valence-corrected chi connectivity index (χ0v) is 15.1. The normalized spacial score (nSPS) is 11.9. The van der Waals surface area contributed by atoms with E-state index in [1.807, 2.05) is 22.2 Å². The summed E-state index contributed by atoms with van der Waals surface area (Å²) in [6, 6.07) is 5.48. The molecular weight excluding hydrogens is 360 g/mol. The molecule has 1 atom stereocenters. The van der Waals surface area contributed by atoms with E-state index < -0.39 is 12.1 Å². The summed E-state index contributed by atoms with van der Waals surface area (Å²) in [5.41, 5.74) is 1.68. The van der Waals surface area contributed by atoms with E-state index in [0.29, 0.717) is 11.5 Å². The van der Waals surface area contributed by atoms with Gasteiger partial charge in [-0.2, -0.15) is 11.3 Å². The highest BCUT2D eigenvalue weighted by Crippen LogP contribution is 2.25. The minimum Gasteiger partial charge on any atom is -0.467 e. The second-order valence-electron chi connectivity index (χ2n) is 5.26. The molecule has 130 valence electrons. The average molecular weight is 376 g/mol. The number of hydrogen-bond donors (Lipinski definition) is 1. The molecular formula is C17H16N2O4S2. The maximum absolute atomic E-state index is 12.0. The minimum atomic E-state index is -0.877. The topological polar surface area (TPSA) is 81.4 Å². The molecule has 3 heterocycles. The zero-order chi connectivity index (χ0) is 17.6. The number of hydrogen-bond acceptors (Lipinski definition) is 7. The van der Waals surface area contributed by atoms with E-state index in [1.54, 1.807) is 23.5 Å². The van der Waals surface area contributed by atoms with Crippen molar-refractivity contribution in [3.05, 3.63) is 52.1 Å². The largest absolute Gasteiger partial charge is 0.467 e. The Labute approximate surface area is 152 Å². The van der Waals surface area contributed by atoms with Gasteiger partial charge in [0.25, 0.3) is 5.91 Å². The Bertz CT molecular complexity index is 825. The van der Waals surface area contributed by atoms with Gasteiger partial charge in [0, 0.05) is 16.3 Å². The number of ether oxygens (including phenoxy) is 1. The number of nitrogens with one attached hydrogen (secondary N) is 1. The lowest BCUT2D eigenvalue weighted by atomic mass is 10.3. The molecule has 1 N–H and O–H groups in total. The first-order valence-corrected chi connectivity index (χ1v) is 9.40. The third kappa shape index (κ3) is 4.77. The number of aromatic nitrogens is 1. The van der Waals surface area contributed by atoms with Gasteiger partial charge in [-0.05, 0) is 30.5 Å². The molecule has 0 aliphatic rings. The number of furan rings is 1. The SMILES string of the molecule is C[C@@H](OC(=O)Cc1csc(-c2ccsc2)n1)C(=O)NCc1ccco1. The average Bonchev–Trinajstić information content (AvgIpc) is 3.33. The first-order valence-electron chi connectivity index (χ1n) is 7.58. The summed E-state index contributed by atoms with van der Waals surface area (Å²) in [5, 5.41) is 9.34. The summed E-state index contributed by atoms with van der Waals surface area (Å²) in [6.45, 7) is 1.79. The number of carbonyl (C=O) groups is 2. The standard InChI is InChI=1S/C17H16N2O4S2/c1-11(16(21)18-8-14-3-2-5-22-14)23-15(20)7-13-10-25-17(19-13)12-4-6-24-9-12/h2-6,9-11H,7-8H2,1H3,(H,18,21)/t11-/m1/s1. The zero-order valence-electron chi connectivity index (χ0n) is 13.4. The number of nitrogens with zero attached hydrogens (tertiary/aromatic N) is 1. The summed E-state index contributed by atoms with van der Waals surface area (Å²) in [7, 11) is 0. The number of rotatable bonds is 7. The number of amides is 1. The molecule has 0 aromatic carbocycles. The van der Waals surface area contributed by atoms with Crippen molar-refractivity contribution < 1.29 is 18.7 Å². The van der Waals surface area contributed by atoms with Crippen molar-refractivity contribution in [3.63, 3.8) is 0 Å². The molecule has 0 aliphatic carbocycles. The van der Waals surface area contributed by atoms with Gasteiger partial charge in [-0.1, -0.05) is 0 Å². The van der Waals surface area contributed by atoms with Crippen molar-refractivity contribution in [2.75, 3.05) is 0 Å². The third-order valence-corrected chi connectivity index (χ3v) is 4.96. The predicted octanol–water partition coefficient (Wildman–Crippen LogP) is 3.26. The van der Waals surface area contributed by atoms with Crippen LogP contribution in [0.4, 0.5) is 0 Å². The molecule has 0 saturated carbocycles. The van der Waals surface area contributed by atoms with Crippen molar-refractivity contribution >= 4 is 34.6 Å². The number of thiazole rings is 1. The van der Waals surface area contributed by atoms with Crippen LogP contribution in [0.3, 0.4) is 0 Å². The molecule has 3 aromatic rings. The van der Waals surface area contributed by atoms with Crippen LogP contribution in [0.15, 0.2) is 45.0 Å². The van der Waals surface area contributed by atoms with Crippen molar-refractivity contribution in [3.8, 4) is 10.6 Å². The molecule has 0 saturated heterocycles. The van der Waals surface area contributed by atoms with Gasteiger partial charge in [-0.15, -0.1) is 11.3 Å². The molecule has 1 amide bonds. The second kappa shape index (κ2) is 8.09. The highest BCUT2D eigenvalue weighted by molar-refractivity contribution is 7.14. The van der Waals surface area contributed by atoms with Crippen molar-refractivity contribution in [1.82, 2.24) is 10.3 Å². The van der Waals surface area contributed by atoms with Crippen LogP contribution in [0.2, 0.25) is 0 Å². The van der Waals surface area contributed by atoms with Crippen LogP contribution in [0.5, 0.6) is 0 Å². The maximum Gasteiger partial charge on any atom is 0.312 e. The molecule has 0 unspecified atom stereocenters. The second-order valence-corrected chi connectivity index (χ2v) is 6.90. The summed E-state index contributed by atoms with van der Waals surface area (Å²) < 4.78 is 10.3. The Kier molecular flexibility index (Phi) is 5.62. The van der Waals surface area contributed by atoms with Gasteiger partial charge in [-0.3, -0.25) is 9.59 Å². The van der Waals surface area contributed by atoms with Gasteiger partial charge in [-0.25, -0.2) is 4.98 Å². The van der Waals surface area contributed by atoms with Crippen molar-refractivity contribution in [2.45, 2.75) is 26.0 Å². The molecule has 0 aliphatic heterocycles. The third-order valence-electron chi connectivity index (χ3n) is 3.34. The quantitative estimate of drug-likeness (QED) is 0.640. The van der Waals surface area contributed by atoms with Crippen LogP contribution in [0, 0.1) is 0 Å². The van der Waals surface area contributed by atoms with Crippen LogP contribution in [-0.4, -0.2) is 23.0 Å². The number of esters is 1. The summed E-state index contributed by atoms with van der Waals surface area (Å²) >= 11 is 3.08. The molecule has 0 bridgehead atoms. The first kappa shape index (κ1) is 17.4. The van der Waals surface area contributed by atoms with Crippen molar-refractivity contribution in [1.29, 1.82) is 0 Å². The molecule has 3 rings (SSSR count). The molecule has 6 nitrogen and oxygen atoms in total. The number of thiophene rings is 1. The van der Waals surface area contributed by atoms with Gasteiger partial charge in [0.05, 0.1) is 24.9 Å². The molecule has 8 heteroatoms. The smallest absolute Gasteiger partial charge is 0.312 e. The fraction of sp³-hybridized carbons (Fsp3) is 0.235. The maximum atomic E-state index is 12.0. The van der Waals surface area contributed by atoms with E-state index in [0.717, 1.165) is 10.6 Å². The lowest BCUT2D eigenvalue weighted by Crippen LogP contribution is -2.35. The highest BCUT2D eigenvalue weighted by Gasteiger charge is 2.19. The minimum absolute atomic E-state index is 0.0381. The first-order chi connectivity index (χ1) is 12.1. The Morgan fingerprint density at radius 1 is 1.36 bits per heavy atom. The monoisotopic (exact) mass is 376 g/mol. The van der Waals surface area contributed by atoms with E-state index in [9.17, 15) is 9.59 Å². The van der Waals surface area contributed by atoms with E-state index in [-0.39, 0.29) is 18.9 Å². The lowest BCUT2D eigenvalue weighted by molar-refractivity contribution is -0.154. The van der Waals surface area contributed by atoms with E-state index >= 15 is 0 Å². The number of carbonyl (C=O) groups excluding carboxylic acids is 2. The van der Waals surface area contributed by atoms with Crippen molar-refractivity contribution in [2.24, 2.45) is 0 Å². The molecule has 3 aromatic heterocycles. The fourth-order valence-electron chi connectivity index (χ4n) is 2.08. The van der Waals surface area contributed by atoms with Crippen LogP contribution >= 0.6 is 22.7 Å². The summed E-state index contributed by atoms with van der Waals surface area (Å²) in [5.74, 6) is -0.222. The Balaban J connectivity index is 1.47. The van der Waals surface area contributed by atoms with Gasteiger partial charge < -0.3 is 14.5 Å². The van der Waals surface area contributed by atoms with Gasteiger partial charge in [0.1, 0.15) is 10.8 Å².